The Labute approximate surface area is 137 Å². The second-order valence-electron chi connectivity index (χ2n) is 7.42. The zero-order chi connectivity index (χ0) is 16.2. The molecule has 1 aromatic heterocycles. The van der Waals surface area contributed by atoms with Crippen LogP contribution in [0.5, 0.6) is 0 Å². The van der Waals surface area contributed by atoms with Crippen molar-refractivity contribution < 1.29 is 9.31 Å². The third kappa shape index (κ3) is 2.41. The maximum absolute atomic E-state index is 6.12. The molecule has 0 N–H and O–H groups in total. The highest BCUT2D eigenvalue weighted by atomic mass is 16.7. The van der Waals surface area contributed by atoms with Crippen molar-refractivity contribution in [1.82, 2.24) is 9.97 Å². The summed E-state index contributed by atoms with van der Waals surface area (Å²) in [7, 11) is -0.348. The van der Waals surface area contributed by atoms with Crippen molar-refractivity contribution in [2.75, 3.05) is 18.0 Å². The Morgan fingerprint density at radius 3 is 2.39 bits per heavy atom. The van der Waals surface area contributed by atoms with Gasteiger partial charge in [0.2, 0.25) is 5.95 Å². The number of hydrogen-bond donors (Lipinski definition) is 0. The summed E-state index contributed by atoms with van der Waals surface area (Å²) in [5, 5.41) is 1.02. The zero-order valence-electron chi connectivity index (χ0n) is 14.2. The van der Waals surface area contributed by atoms with E-state index in [4.69, 9.17) is 9.31 Å². The van der Waals surface area contributed by atoms with Crippen molar-refractivity contribution in [3.05, 3.63) is 24.4 Å². The van der Waals surface area contributed by atoms with Gasteiger partial charge < -0.3 is 14.2 Å². The van der Waals surface area contributed by atoms with Crippen LogP contribution in [0.25, 0.3) is 10.9 Å². The van der Waals surface area contributed by atoms with Gasteiger partial charge in [-0.15, -0.1) is 0 Å². The molecule has 0 saturated carbocycles. The Morgan fingerprint density at radius 1 is 1.09 bits per heavy atom. The minimum Gasteiger partial charge on any atom is -0.399 e. The quantitative estimate of drug-likeness (QED) is 0.795. The summed E-state index contributed by atoms with van der Waals surface area (Å²) in [6.45, 7) is 10.4. The SMILES string of the molecule is CC1(C)OB(c2ccc3nc(N4CCC4)ncc3c2)OC1(C)C. The van der Waals surface area contributed by atoms with E-state index in [1.807, 2.05) is 18.3 Å². The van der Waals surface area contributed by atoms with Crippen molar-refractivity contribution in [2.24, 2.45) is 0 Å². The normalized spacial score (nSPS) is 22.4. The average Bonchev–Trinajstić information content (AvgIpc) is 2.65. The Bertz CT molecular complexity index is 743. The Balaban J connectivity index is 1.65. The molecule has 5 nitrogen and oxygen atoms in total. The second-order valence-corrected chi connectivity index (χ2v) is 7.42. The lowest BCUT2D eigenvalue weighted by atomic mass is 9.78. The average molecular weight is 311 g/mol. The summed E-state index contributed by atoms with van der Waals surface area (Å²) in [5.74, 6) is 0.826. The van der Waals surface area contributed by atoms with Gasteiger partial charge in [-0.05, 0) is 45.6 Å². The number of rotatable bonds is 2. The molecule has 3 heterocycles. The molecule has 120 valence electrons. The molecular formula is C17H22BN3O2. The lowest BCUT2D eigenvalue weighted by Crippen LogP contribution is -2.41. The molecule has 0 unspecified atom stereocenters. The van der Waals surface area contributed by atoms with E-state index in [2.05, 4.69) is 48.6 Å². The summed E-state index contributed by atoms with van der Waals surface area (Å²) in [4.78, 5) is 11.3. The molecule has 2 aliphatic heterocycles. The van der Waals surface area contributed by atoms with E-state index >= 15 is 0 Å². The predicted molar refractivity (Wildman–Crippen MR) is 92.1 cm³/mol. The Morgan fingerprint density at radius 2 is 1.78 bits per heavy atom. The third-order valence-electron chi connectivity index (χ3n) is 5.26. The predicted octanol–water partition coefficient (Wildman–Crippen LogP) is 2.14. The van der Waals surface area contributed by atoms with Crippen molar-refractivity contribution >= 4 is 29.4 Å². The number of benzene rings is 1. The zero-order valence-corrected chi connectivity index (χ0v) is 14.2. The molecule has 1 aromatic carbocycles. The number of nitrogens with zero attached hydrogens (tertiary/aromatic N) is 3. The lowest BCUT2D eigenvalue weighted by molar-refractivity contribution is 0.00578. The fourth-order valence-corrected chi connectivity index (χ4v) is 2.84. The first-order chi connectivity index (χ1) is 10.9. The van der Waals surface area contributed by atoms with Gasteiger partial charge in [0, 0.05) is 24.7 Å². The molecule has 6 heteroatoms. The minimum atomic E-state index is -0.348. The highest BCUT2D eigenvalue weighted by Crippen LogP contribution is 2.36. The Hall–Kier alpha value is -1.66. The molecule has 2 aromatic rings. The number of hydrogen-bond acceptors (Lipinski definition) is 5. The van der Waals surface area contributed by atoms with Gasteiger partial charge in [-0.25, -0.2) is 9.97 Å². The molecule has 0 amide bonds. The fourth-order valence-electron chi connectivity index (χ4n) is 2.84. The molecule has 4 rings (SSSR count). The molecule has 23 heavy (non-hydrogen) atoms. The van der Waals surface area contributed by atoms with Crippen LogP contribution < -0.4 is 10.4 Å². The molecule has 2 aliphatic rings. The van der Waals surface area contributed by atoms with Crippen LogP contribution in [-0.2, 0) is 9.31 Å². The first-order valence-electron chi connectivity index (χ1n) is 8.23. The summed E-state index contributed by atoms with van der Waals surface area (Å²) in [6.07, 6.45) is 3.12. The van der Waals surface area contributed by atoms with Crippen LogP contribution in [0.4, 0.5) is 5.95 Å². The van der Waals surface area contributed by atoms with Gasteiger partial charge in [-0.3, -0.25) is 0 Å². The van der Waals surface area contributed by atoms with Gasteiger partial charge in [-0.2, -0.15) is 0 Å². The van der Waals surface area contributed by atoms with E-state index in [-0.39, 0.29) is 18.3 Å². The first-order valence-corrected chi connectivity index (χ1v) is 8.23. The summed E-state index contributed by atoms with van der Waals surface area (Å²) >= 11 is 0. The maximum atomic E-state index is 6.12. The van der Waals surface area contributed by atoms with Crippen LogP contribution in [-0.4, -0.2) is 41.4 Å². The van der Waals surface area contributed by atoms with Crippen molar-refractivity contribution in [3.8, 4) is 0 Å². The molecule has 2 saturated heterocycles. The summed E-state index contributed by atoms with van der Waals surface area (Å²) in [5.41, 5.74) is 1.31. The molecule has 0 aliphatic carbocycles. The number of fused-ring (bicyclic) bond motifs is 1. The molecule has 0 atom stereocenters. The minimum absolute atomic E-state index is 0.329. The first kappa shape index (κ1) is 14.9. The maximum Gasteiger partial charge on any atom is 0.494 e. The summed E-state index contributed by atoms with van der Waals surface area (Å²) in [6, 6.07) is 6.13. The van der Waals surface area contributed by atoms with E-state index in [0.29, 0.717) is 0 Å². The van der Waals surface area contributed by atoms with Crippen molar-refractivity contribution in [1.29, 1.82) is 0 Å². The van der Waals surface area contributed by atoms with Gasteiger partial charge in [0.1, 0.15) is 0 Å². The van der Waals surface area contributed by atoms with Crippen LogP contribution in [0.3, 0.4) is 0 Å². The highest BCUT2D eigenvalue weighted by Gasteiger charge is 2.51. The topological polar surface area (TPSA) is 47.5 Å². The molecule has 0 bridgehead atoms. The highest BCUT2D eigenvalue weighted by molar-refractivity contribution is 6.62. The van der Waals surface area contributed by atoms with E-state index in [9.17, 15) is 0 Å². The van der Waals surface area contributed by atoms with Crippen molar-refractivity contribution in [2.45, 2.75) is 45.3 Å². The van der Waals surface area contributed by atoms with Gasteiger partial charge >= 0.3 is 7.12 Å². The smallest absolute Gasteiger partial charge is 0.399 e. The van der Waals surface area contributed by atoms with E-state index < -0.39 is 0 Å². The molecular weight excluding hydrogens is 289 g/mol. The third-order valence-corrected chi connectivity index (χ3v) is 5.26. The van der Waals surface area contributed by atoms with E-state index in [0.717, 1.165) is 35.4 Å². The lowest BCUT2D eigenvalue weighted by Gasteiger charge is -2.32. The van der Waals surface area contributed by atoms with Gasteiger partial charge in [0.15, 0.2) is 0 Å². The van der Waals surface area contributed by atoms with Crippen LogP contribution in [0.1, 0.15) is 34.1 Å². The molecule has 2 fully saturated rings. The second kappa shape index (κ2) is 4.92. The van der Waals surface area contributed by atoms with Gasteiger partial charge in [0.05, 0.1) is 16.7 Å². The van der Waals surface area contributed by atoms with Crippen LogP contribution in [0.2, 0.25) is 0 Å². The van der Waals surface area contributed by atoms with Gasteiger partial charge in [0.25, 0.3) is 0 Å². The van der Waals surface area contributed by atoms with E-state index in [1.165, 1.54) is 6.42 Å². The largest absolute Gasteiger partial charge is 0.494 e. The van der Waals surface area contributed by atoms with Gasteiger partial charge in [-0.1, -0.05) is 12.1 Å². The molecule has 0 radical (unpaired) electrons. The Kier molecular flexibility index (Phi) is 3.19. The van der Waals surface area contributed by atoms with Crippen molar-refractivity contribution in [3.63, 3.8) is 0 Å². The fraction of sp³-hybridized carbons (Fsp3) is 0.529. The summed E-state index contributed by atoms with van der Waals surface area (Å²) < 4.78 is 12.2. The standard InChI is InChI=1S/C17H22BN3O2/c1-16(2)17(3,4)23-18(22-16)13-6-7-14-12(10-13)11-19-15(20-14)21-8-5-9-21/h6-7,10-11H,5,8-9H2,1-4H3. The number of aromatic nitrogens is 2. The van der Waals surface area contributed by atoms with Crippen LogP contribution in [0, 0.1) is 0 Å². The monoisotopic (exact) mass is 311 g/mol. The number of anilines is 1. The van der Waals surface area contributed by atoms with Crippen LogP contribution in [0.15, 0.2) is 24.4 Å². The van der Waals surface area contributed by atoms with Crippen LogP contribution >= 0.6 is 0 Å². The van der Waals surface area contributed by atoms with E-state index in [1.54, 1.807) is 0 Å². The molecule has 0 spiro atoms.